The number of hydrogen-bond donors (Lipinski definition) is 1. The minimum absolute atomic E-state index is 0.112. The summed E-state index contributed by atoms with van der Waals surface area (Å²) in [6, 6.07) is 6.03. The van der Waals surface area contributed by atoms with Gasteiger partial charge in [-0.2, -0.15) is 0 Å². The summed E-state index contributed by atoms with van der Waals surface area (Å²) >= 11 is 0. The Bertz CT molecular complexity index is 429. The summed E-state index contributed by atoms with van der Waals surface area (Å²) < 4.78 is 13.3. The molecular formula is C16H23FN2. The molecule has 0 aromatic heterocycles. The molecule has 0 unspecified atom stereocenters. The summed E-state index contributed by atoms with van der Waals surface area (Å²) in [7, 11) is 0. The van der Waals surface area contributed by atoms with Crippen LogP contribution in [0.15, 0.2) is 18.2 Å². The van der Waals surface area contributed by atoms with Crippen LogP contribution in [0, 0.1) is 5.82 Å². The Morgan fingerprint density at radius 1 is 1.21 bits per heavy atom. The zero-order valence-electron chi connectivity index (χ0n) is 11.5. The van der Waals surface area contributed by atoms with Gasteiger partial charge < -0.3 is 10.2 Å². The second-order valence-electron chi connectivity index (χ2n) is 5.80. The van der Waals surface area contributed by atoms with Crippen LogP contribution in [0.3, 0.4) is 0 Å². The normalized spacial score (nSPS) is 17.8. The van der Waals surface area contributed by atoms with Crippen molar-refractivity contribution in [3.05, 3.63) is 29.6 Å². The highest BCUT2D eigenvalue weighted by atomic mass is 19.1. The van der Waals surface area contributed by atoms with E-state index in [-0.39, 0.29) is 5.82 Å². The topological polar surface area (TPSA) is 15.3 Å². The van der Waals surface area contributed by atoms with Crippen LogP contribution in [0.4, 0.5) is 10.1 Å². The molecule has 3 rings (SSSR count). The zero-order chi connectivity index (χ0) is 13.1. The molecule has 0 radical (unpaired) electrons. The Labute approximate surface area is 115 Å². The Morgan fingerprint density at radius 3 is 2.95 bits per heavy atom. The smallest absolute Gasteiger partial charge is 0.125 e. The Hall–Kier alpha value is -1.09. The summed E-state index contributed by atoms with van der Waals surface area (Å²) in [4.78, 5) is 2.34. The minimum atomic E-state index is -0.112. The lowest BCUT2D eigenvalue weighted by Crippen LogP contribution is -2.22. The monoisotopic (exact) mass is 262 g/mol. The van der Waals surface area contributed by atoms with Gasteiger partial charge in [-0.05, 0) is 56.3 Å². The number of benzene rings is 1. The molecule has 1 aliphatic carbocycles. The van der Waals surface area contributed by atoms with Gasteiger partial charge in [0.15, 0.2) is 0 Å². The molecule has 1 aromatic carbocycles. The summed E-state index contributed by atoms with van der Waals surface area (Å²) in [5.74, 6) is -0.112. The van der Waals surface area contributed by atoms with Crippen molar-refractivity contribution in [2.45, 2.75) is 44.6 Å². The summed E-state index contributed by atoms with van der Waals surface area (Å²) in [6.45, 7) is 3.29. The van der Waals surface area contributed by atoms with Gasteiger partial charge in [0.05, 0.1) is 0 Å². The summed E-state index contributed by atoms with van der Waals surface area (Å²) in [5, 5.41) is 3.54. The minimum Gasteiger partial charge on any atom is -0.371 e. The summed E-state index contributed by atoms with van der Waals surface area (Å²) in [5.41, 5.74) is 2.42. The number of unbranched alkanes of at least 4 members (excludes halogenated alkanes) is 2. The quantitative estimate of drug-likeness (QED) is 0.760. The van der Waals surface area contributed by atoms with Gasteiger partial charge in [-0.3, -0.25) is 0 Å². The van der Waals surface area contributed by atoms with Crippen molar-refractivity contribution >= 4 is 5.69 Å². The fourth-order valence-corrected chi connectivity index (χ4v) is 2.85. The molecule has 3 heteroatoms. The van der Waals surface area contributed by atoms with Crippen LogP contribution in [0.2, 0.25) is 0 Å². The van der Waals surface area contributed by atoms with Crippen LogP contribution in [0.25, 0.3) is 0 Å². The van der Waals surface area contributed by atoms with Crippen molar-refractivity contribution in [2.75, 3.05) is 24.5 Å². The third-order valence-electron chi connectivity index (χ3n) is 4.15. The highest BCUT2D eigenvalue weighted by Crippen LogP contribution is 2.28. The van der Waals surface area contributed by atoms with E-state index in [4.69, 9.17) is 0 Å². The molecule has 0 saturated heterocycles. The molecule has 0 amide bonds. The molecule has 1 heterocycles. The van der Waals surface area contributed by atoms with Crippen molar-refractivity contribution in [3.8, 4) is 0 Å². The molecule has 2 nitrogen and oxygen atoms in total. The van der Waals surface area contributed by atoms with E-state index in [1.54, 1.807) is 12.1 Å². The third kappa shape index (κ3) is 3.47. The number of halogens is 1. The van der Waals surface area contributed by atoms with Crippen LogP contribution in [0.1, 0.15) is 37.7 Å². The predicted octanol–water partition coefficient (Wildman–Crippen LogP) is 3.11. The van der Waals surface area contributed by atoms with Gasteiger partial charge >= 0.3 is 0 Å². The van der Waals surface area contributed by atoms with Crippen molar-refractivity contribution in [2.24, 2.45) is 0 Å². The molecule has 1 fully saturated rings. The van der Waals surface area contributed by atoms with E-state index in [1.165, 1.54) is 37.7 Å². The number of rotatable bonds is 7. The van der Waals surface area contributed by atoms with Gasteiger partial charge in [0.2, 0.25) is 0 Å². The average molecular weight is 262 g/mol. The molecular weight excluding hydrogens is 239 g/mol. The van der Waals surface area contributed by atoms with Crippen LogP contribution in [-0.2, 0) is 6.42 Å². The number of fused-ring (bicyclic) bond motifs is 1. The van der Waals surface area contributed by atoms with Gasteiger partial charge in [0, 0.05) is 24.8 Å². The fraction of sp³-hybridized carbons (Fsp3) is 0.625. The lowest BCUT2D eigenvalue weighted by atomic mass is 10.1. The van der Waals surface area contributed by atoms with E-state index in [9.17, 15) is 4.39 Å². The van der Waals surface area contributed by atoms with Crippen molar-refractivity contribution < 1.29 is 4.39 Å². The maximum Gasteiger partial charge on any atom is 0.125 e. The first-order chi connectivity index (χ1) is 9.33. The van der Waals surface area contributed by atoms with Gasteiger partial charge in [-0.25, -0.2) is 4.39 Å². The maximum absolute atomic E-state index is 13.3. The molecule has 1 saturated carbocycles. The van der Waals surface area contributed by atoms with E-state index in [1.807, 2.05) is 6.07 Å². The molecule has 1 aliphatic heterocycles. The predicted molar refractivity (Wildman–Crippen MR) is 77.2 cm³/mol. The van der Waals surface area contributed by atoms with E-state index in [2.05, 4.69) is 10.2 Å². The molecule has 1 N–H and O–H groups in total. The van der Waals surface area contributed by atoms with Crippen LogP contribution in [0.5, 0.6) is 0 Å². The largest absolute Gasteiger partial charge is 0.371 e. The number of nitrogens with one attached hydrogen (secondary N) is 1. The maximum atomic E-state index is 13.3. The number of anilines is 1. The molecule has 0 bridgehead atoms. The summed E-state index contributed by atoms with van der Waals surface area (Å²) in [6.07, 6.45) is 7.55. The first-order valence-electron chi connectivity index (χ1n) is 7.60. The lowest BCUT2D eigenvalue weighted by molar-refractivity contribution is 0.595. The van der Waals surface area contributed by atoms with Crippen molar-refractivity contribution in [1.29, 1.82) is 0 Å². The molecule has 19 heavy (non-hydrogen) atoms. The third-order valence-corrected chi connectivity index (χ3v) is 4.15. The zero-order valence-corrected chi connectivity index (χ0v) is 11.5. The number of nitrogens with zero attached hydrogens (tertiary/aromatic N) is 1. The Balaban J connectivity index is 1.38. The number of hydrogen-bond acceptors (Lipinski definition) is 2. The van der Waals surface area contributed by atoms with Crippen LogP contribution >= 0.6 is 0 Å². The van der Waals surface area contributed by atoms with E-state index >= 15 is 0 Å². The van der Waals surface area contributed by atoms with Crippen molar-refractivity contribution in [1.82, 2.24) is 5.32 Å². The molecule has 104 valence electrons. The van der Waals surface area contributed by atoms with E-state index in [0.717, 1.165) is 37.8 Å². The highest BCUT2D eigenvalue weighted by molar-refractivity contribution is 5.58. The second-order valence-corrected chi connectivity index (χ2v) is 5.80. The Kier molecular flexibility index (Phi) is 4.02. The molecule has 0 atom stereocenters. The van der Waals surface area contributed by atoms with Gasteiger partial charge in [-0.1, -0.05) is 12.5 Å². The molecule has 0 spiro atoms. The Morgan fingerprint density at radius 2 is 2.11 bits per heavy atom. The molecule has 1 aromatic rings. The SMILES string of the molecule is Fc1ccc2c(c1)N(CCCCCNC1CC1)CC2. The average Bonchev–Trinajstić information content (AvgIpc) is 3.15. The van der Waals surface area contributed by atoms with Crippen molar-refractivity contribution in [3.63, 3.8) is 0 Å². The van der Waals surface area contributed by atoms with E-state index < -0.39 is 0 Å². The van der Waals surface area contributed by atoms with Crippen LogP contribution in [-0.4, -0.2) is 25.7 Å². The molecule has 2 aliphatic rings. The standard InChI is InChI=1S/C16H23FN2/c17-14-5-4-13-8-11-19(16(13)12-14)10-3-1-2-9-18-15-6-7-15/h4-5,12,15,18H,1-3,6-11H2. The first-order valence-corrected chi connectivity index (χ1v) is 7.60. The van der Waals surface area contributed by atoms with Crippen LogP contribution < -0.4 is 10.2 Å². The first kappa shape index (κ1) is 12.9. The fourth-order valence-electron chi connectivity index (χ4n) is 2.85. The van der Waals surface area contributed by atoms with Gasteiger partial charge in [0.25, 0.3) is 0 Å². The second kappa shape index (κ2) is 5.91. The van der Waals surface area contributed by atoms with E-state index in [0.29, 0.717) is 0 Å². The highest BCUT2D eigenvalue weighted by Gasteiger charge is 2.20. The van der Waals surface area contributed by atoms with Gasteiger partial charge in [0.1, 0.15) is 5.82 Å². The van der Waals surface area contributed by atoms with Gasteiger partial charge in [-0.15, -0.1) is 0 Å². The lowest BCUT2D eigenvalue weighted by Gasteiger charge is -2.19.